The number of nitrogens with zero attached hydrogens (tertiary/aromatic N) is 1. The Balaban J connectivity index is 1.82. The predicted molar refractivity (Wildman–Crippen MR) is 106 cm³/mol. The van der Waals surface area contributed by atoms with E-state index in [-0.39, 0.29) is 5.91 Å². The second-order valence-electron chi connectivity index (χ2n) is 5.66. The summed E-state index contributed by atoms with van der Waals surface area (Å²) in [6.45, 7) is 0. The molecule has 1 N–H and O–H groups in total. The molecule has 0 spiro atoms. The number of hydrogen-bond donors (Lipinski definition) is 1. The highest BCUT2D eigenvalue weighted by atomic mass is 16.5. The van der Waals surface area contributed by atoms with Crippen molar-refractivity contribution < 1.29 is 19.0 Å². The summed E-state index contributed by atoms with van der Waals surface area (Å²) in [6.07, 6.45) is 4.94. The van der Waals surface area contributed by atoms with E-state index in [0.717, 1.165) is 16.5 Å². The molecule has 0 bridgehead atoms. The Bertz CT molecular complexity index is 968. The van der Waals surface area contributed by atoms with Gasteiger partial charge in [0.1, 0.15) is 0 Å². The number of amides is 1. The first kappa shape index (κ1) is 18.3. The zero-order chi connectivity index (χ0) is 19.2. The van der Waals surface area contributed by atoms with Gasteiger partial charge in [0, 0.05) is 41.0 Å². The number of methoxy groups -OCH3 is 3. The highest BCUT2D eigenvalue weighted by molar-refractivity contribution is 6.03. The average molecular weight is 364 g/mol. The van der Waals surface area contributed by atoms with E-state index < -0.39 is 0 Å². The molecule has 2 aromatic carbocycles. The molecule has 0 aliphatic heterocycles. The number of carbonyl (C=O) groups excluding carboxylic acids is 1. The number of anilines is 1. The lowest BCUT2D eigenvalue weighted by atomic mass is 10.1. The summed E-state index contributed by atoms with van der Waals surface area (Å²) >= 11 is 0. The predicted octanol–water partition coefficient (Wildman–Crippen LogP) is 3.91. The van der Waals surface area contributed by atoms with Gasteiger partial charge < -0.3 is 19.5 Å². The number of benzene rings is 2. The third-order valence-corrected chi connectivity index (χ3v) is 4.01. The Hall–Kier alpha value is -3.54. The van der Waals surface area contributed by atoms with E-state index in [2.05, 4.69) is 10.3 Å². The maximum atomic E-state index is 12.3. The van der Waals surface area contributed by atoms with Gasteiger partial charge in [-0.15, -0.1) is 0 Å². The molecule has 1 heterocycles. The number of rotatable bonds is 6. The molecular weight excluding hydrogens is 344 g/mol. The van der Waals surface area contributed by atoms with Crippen LogP contribution in [0.5, 0.6) is 17.2 Å². The number of ether oxygens (including phenoxy) is 3. The number of fused-ring (bicyclic) bond motifs is 1. The van der Waals surface area contributed by atoms with Gasteiger partial charge in [-0.3, -0.25) is 9.78 Å². The minimum absolute atomic E-state index is 0.280. The van der Waals surface area contributed by atoms with Crippen LogP contribution in [0.25, 0.3) is 17.0 Å². The topological polar surface area (TPSA) is 69.7 Å². The second-order valence-corrected chi connectivity index (χ2v) is 5.66. The lowest BCUT2D eigenvalue weighted by Gasteiger charge is -2.14. The summed E-state index contributed by atoms with van der Waals surface area (Å²) in [5, 5.41) is 3.82. The van der Waals surface area contributed by atoms with Crippen LogP contribution in [0.2, 0.25) is 0 Å². The highest BCUT2D eigenvalue weighted by Crippen LogP contribution is 2.39. The maximum absolute atomic E-state index is 12.3. The molecule has 0 aliphatic carbocycles. The molecule has 0 fully saturated rings. The van der Waals surface area contributed by atoms with E-state index in [0.29, 0.717) is 22.9 Å². The van der Waals surface area contributed by atoms with E-state index in [1.165, 1.54) is 27.4 Å². The number of nitrogens with one attached hydrogen (secondary N) is 1. The molecule has 27 heavy (non-hydrogen) atoms. The van der Waals surface area contributed by atoms with E-state index in [1.54, 1.807) is 24.4 Å². The van der Waals surface area contributed by atoms with Crippen molar-refractivity contribution in [3.63, 3.8) is 0 Å². The van der Waals surface area contributed by atoms with Crippen LogP contribution in [0, 0.1) is 0 Å². The van der Waals surface area contributed by atoms with Crippen molar-refractivity contribution in [2.75, 3.05) is 26.6 Å². The third kappa shape index (κ3) is 4.00. The molecule has 0 atom stereocenters. The van der Waals surface area contributed by atoms with Gasteiger partial charge in [-0.1, -0.05) is 24.3 Å². The fourth-order valence-electron chi connectivity index (χ4n) is 2.76. The standard InChI is InChI=1S/C21H20N2O4/c1-25-17-12-16(13-18(26-2)21(17)27-3)23-19(24)10-9-15-7-4-6-14-8-5-11-22-20(14)15/h4-13H,1-3H3,(H,23,24)/b10-9+. The van der Waals surface area contributed by atoms with Gasteiger partial charge in [0.05, 0.1) is 26.8 Å². The number of pyridine rings is 1. The van der Waals surface area contributed by atoms with Crippen molar-refractivity contribution in [2.24, 2.45) is 0 Å². The molecule has 0 saturated heterocycles. The summed E-state index contributed by atoms with van der Waals surface area (Å²) in [7, 11) is 4.58. The summed E-state index contributed by atoms with van der Waals surface area (Å²) in [4.78, 5) is 16.7. The quantitative estimate of drug-likeness (QED) is 0.672. The van der Waals surface area contributed by atoms with Crippen LogP contribution in [0.4, 0.5) is 5.69 Å². The summed E-state index contributed by atoms with van der Waals surface area (Å²) in [5.41, 5.74) is 2.25. The van der Waals surface area contributed by atoms with Crippen LogP contribution in [0.3, 0.4) is 0 Å². The van der Waals surface area contributed by atoms with E-state index in [1.807, 2.05) is 30.3 Å². The molecule has 1 amide bonds. The first-order chi connectivity index (χ1) is 13.2. The van der Waals surface area contributed by atoms with Crippen molar-refractivity contribution in [1.29, 1.82) is 0 Å². The first-order valence-electron chi connectivity index (χ1n) is 8.29. The Morgan fingerprint density at radius 3 is 2.37 bits per heavy atom. The van der Waals surface area contributed by atoms with Gasteiger partial charge in [0.2, 0.25) is 11.7 Å². The molecule has 0 saturated carbocycles. The molecule has 0 radical (unpaired) electrons. The van der Waals surface area contributed by atoms with Gasteiger partial charge in [-0.05, 0) is 12.1 Å². The maximum Gasteiger partial charge on any atom is 0.248 e. The number of carbonyl (C=O) groups is 1. The molecule has 0 unspecified atom stereocenters. The minimum atomic E-state index is -0.280. The van der Waals surface area contributed by atoms with Crippen molar-refractivity contribution in [3.8, 4) is 17.2 Å². The Morgan fingerprint density at radius 1 is 1.00 bits per heavy atom. The van der Waals surface area contributed by atoms with Crippen LogP contribution in [-0.4, -0.2) is 32.2 Å². The molecule has 6 nitrogen and oxygen atoms in total. The highest BCUT2D eigenvalue weighted by Gasteiger charge is 2.13. The molecule has 6 heteroatoms. The first-order valence-corrected chi connectivity index (χ1v) is 8.29. The lowest BCUT2D eigenvalue weighted by Crippen LogP contribution is -2.08. The number of hydrogen-bond acceptors (Lipinski definition) is 5. The van der Waals surface area contributed by atoms with E-state index in [4.69, 9.17) is 14.2 Å². The molecule has 1 aromatic heterocycles. The van der Waals surface area contributed by atoms with E-state index >= 15 is 0 Å². The molecule has 3 rings (SSSR count). The van der Waals surface area contributed by atoms with Crippen LogP contribution >= 0.6 is 0 Å². The van der Waals surface area contributed by atoms with Crippen LogP contribution in [-0.2, 0) is 4.79 Å². The third-order valence-electron chi connectivity index (χ3n) is 4.01. The fraction of sp³-hybridized carbons (Fsp3) is 0.143. The molecule has 0 aliphatic rings. The normalized spacial score (nSPS) is 10.8. The van der Waals surface area contributed by atoms with E-state index in [9.17, 15) is 4.79 Å². The summed E-state index contributed by atoms with van der Waals surface area (Å²) in [6, 6.07) is 13.0. The van der Waals surface area contributed by atoms with Crippen molar-refractivity contribution >= 4 is 28.6 Å². The van der Waals surface area contributed by atoms with Crippen molar-refractivity contribution in [2.45, 2.75) is 0 Å². The van der Waals surface area contributed by atoms with Gasteiger partial charge in [0.15, 0.2) is 11.5 Å². The molecule has 3 aromatic rings. The SMILES string of the molecule is COc1cc(NC(=O)/C=C/c2cccc3cccnc23)cc(OC)c1OC. The summed E-state index contributed by atoms with van der Waals surface area (Å²) < 4.78 is 15.9. The largest absolute Gasteiger partial charge is 0.493 e. The fourth-order valence-corrected chi connectivity index (χ4v) is 2.76. The number of para-hydroxylation sites is 1. The minimum Gasteiger partial charge on any atom is -0.493 e. The van der Waals surface area contributed by atoms with Crippen LogP contribution in [0.15, 0.2) is 54.7 Å². The van der Waals surface area contributed by atoms with Gasteiger partial charge in [0.25, 0.3) is 0 Å². The van der Waals surface area contributed by atoms with Crippen LogP contribution in [0.1, 0.15) is 5.56 Å². The zero-order valence-corrected chi connectivity index (χ0v) is 15.4. The Kier molecular flexibility index (Phi) is 5.56. The Labute approximate surface area is 157 Å². The van der Waals surface area contributed by atoms with Crippen molar-refractivity contribution in [3.05, 3.63) is 60.3 Å². The van der Waals surface area contributed by atoms with Gasteiger partial charge in [-0.25, -0.2) is 0 Å². The monoisotopic (exact) mass is 364 g/mol. The number of aromatic nitrogens is 1. The molecule has 138 valence electrons. The molecular formula is C21H20N2O4. The van der Waals surface area contributed by atoms with Gasteiger partial charge >= 0.3 is 0 Å². The Morgan fingerprint density at radius 2 is 1.70 bits per heavy atom. The lowest BCUT2D eigenvalue weighted by molar-refractivity contribution is -0.111. The average Bonchev–Trinajstić information content (AvgIpc) is 2.71. The van der Waals surface area contributed by atoms with Crippen LogP contribution < -0.4 is 19.5 Å². The van der Waals surface area contributed by atoms with Gasteiger partial charge in [-0.2, -0.15) is 0 Å². The summed E-state index contributed by atoms with van der Waals surface area (Å²) in [5.74, 6) is 1.12. The second kappa shape index (κ2) is 8.23. The zero-order valence-electron chi connectivity index (χ0n) is 15.4. The smallest absolute Gasteiger partial charge is 0.248 e. The van der Waals surface area contributed by atoms with Crippen molar-refractivity contribution in [1.82, 2.24) is 4.98 Å².